The normalized spacial score (nSPS) is 19.6. The first kappa shape index (κ1) is 10.9. The molecule has 3 nitrogen and oxygen atoms in total. The van der Waals surface area contributed by atoms with Crippen molar-refractivity contribution in [1.82, 2.24) is 14.5 Å². The molecule has 1 aliphatic rings. The minimum absolute atomic E-state index is 0.591. The van der Waals surface area contributed by atoms with Crippen LogP contribution >= 0.6 is 12.2 Å². The maximum Gasteiger partial charge on any atom is 0.177 e. The molecule has 0 saturated carbocycles. The topological polar surface area (TPSA) is 24.0 Å². The van der Waals surface area contributed by atoms with Gasteiger partial charge in [-0.25, -0.2) is 0 Å². The van der Waals surface area contributed by atoms with Gasteiger partial charge in [0.2, 0.25) is 0 Å². The summed E-state index contributed by atoms with van der Waals surface area (Å²) in [6.45, 7) is 7.90. The summed E-state index contributed by atoms with van der Waals surface area (Å²) in [5.74, 6) is 0. The Morgan fingerprint density at radius 3 is 2.67 bits per heavy atom. The molecule has 1 aromatic rings. The molecule has 0 radical (unpaired) electrons. The fourth-order valence-electron chi connectivity index (χ4n) is 2.27. The Morgan fingerprint density at radius 2 is 2.13 bits per heavy atom. The molecule has 0 bridgehead atoms. The van der Waals surface area contributed by atoms with Crippen LogP contribution in [0.25, 0.3) is 0 Å². The van der Waals surface area contributed by atoms with Crippen molar-refractivity contribution >= 4 is 12.2 Å². The SMILES string of the molecule is Cc1c[nH]c(=S)n1CC(C)N1CCCC1. The lowest BCUT2D eigenvalue weighted by Crippen LogP contribution is -2.33. The molecule has 1 aromatic heterocycles. The van der Waals surface area contributed by atoms with Crippen molar-refractivity contribution in [2.75, 3.05) is 13.1 Å². The van der Waals surface area contributed by atoms with Crippen molar-refractivity contribution in [3.05, 3.63) is 16.7 Å². The van der Waals surface area contributed by atoms with E-state index in [0.717, 1.165) is 11.3 Å². The van der Waals surface area contributed by atoms with E-state index in [0.29, 0.717) is 6.04 Å². The summed E-state index contributed by atoms with van der Waals surface area (Å²) in [6.07, 6.45) is 4.68. The molecule has 4 heteroatoms. The fraction of sp³-hybridized carbons (Fsp3) is 0.727. The quantitative estimate of drug-likeness (QED) is 0.798. The first-order chi connectivity index (χ1) is 7.18. The molecule has 2 heterocycles. The van der Waals surface area contributed by atoms with Gasteiger partial charge in [0.1, 0.15) is 0 Å². The van der Waals surface area contributed by atoms with Crippen LogP contribution in [-0.2, 0) is 6.54 Å². The predicted molar refractivity (Wildman–Crippen MR) is 64.6 cm³/mol. The van der Waals surface area contributed by atoms with E-state index in [-0.39, 0.29) is 0 Å². The Morgan fingerprint density at radius 1 is 1.47 bits per heavy atom. The van der Waals surface area contributed by atoms with Crippen LogP contribution in [0.4, 0.5) is 0 Å². The third-order valence-electron chi connectivity index (χ3n) is 3.29. The number of likely N-dealkylation sites (tertiary alicyclic amines) is 1. The molecule has 1 aliphatic heterocycles. The highest BCUT2D eigenvalue weighted by Crippen LogP contribution is 2.13. The molecule has 0 aliphatic carbocycles. The van der Waals surface area contributed by atoms with Crippen molar-refractivity contribution in [3.8, 4) is 0 Å². The second-order valence-electron chi connectivity index (χ2n) is 4.44. The van der Waals surface area contributed by atoms with Crippen LogP contribution in [0.1, 0.15) is 25.5 Å². The number of hydrogen-bond donors (Lipinski definition) is 1. The molecule has 2 rings (SSSR count). The molecular formula is C11H19N3S. The number of imidazole rings is 1. The first-order valence-corrected chi connectivity index (χ1v) is 6.08. The fourth-order valence-corrected chi connectivity index (χ4v) is 2.55. The van der Waals surface area contributed by atoms with Gasteiger partial charge in [0.05, 0.1) is 0 Å². The summed E-state index contributed by atoms with van der Waals surface area (Å²) in [4.78, 5) is 5.64. The Balaban J connectivity index is 2.04. The van der Waals surface area contributed by atoms with Crippen LogP contribution < -0.4 is 0 Å². The highest BCUT2D eigenvalue weighted by atomic mass is 32.1. The van der Waals surface area contributed by atoms with E-state index in [2.05, 4.69) is 28.3 Å². The number of aryl methyl sites for hydroxylation is 1. The largest absolute Gasteiger partial charge is 0.337 e. The highest BCUT2D eigenvalue weighted by molar-refractivity contribution is 7.71. The van der Waals surface area contributed by atoms with Gasteiger partial charge in [0.15, 0.2) is 4.77 Å². The maximum absolute atomic E-state index is 5.25. The van der Waals surface area contributed by atoms with E-state index >= 15 is 0 Å². The van der Waals surface area contributed by atoms with Gasteiger partial charge in [-0.2, -0.15) is 0 Å². The Bertz CT molecular complexity index is 373. The molecule has 1 N–H and O–H groups in total. The number of nitrogens with zero attached hydrogens (tertiary/aromatic N) is 2. The number of nitrogens with one attached hydrogen (secondary N) is 1. The number of hydrogen-bond acceptors (Lipinski definition) is 2. The van der Waals surface area contributed by atoms with Gasteiger partial charge in [-0.3, -0.25) is 4.90 Å². The molecular weight excluding hydrogens is 206 g/mol. The summed E-state index contributed by atoms with van der Waals surface area (Å²) in [6, 6.07) is 0.591. The van der Waals surface area contributed by atoms with Gasteiger partial charge in [0, 0.05) is 24.5 Å². The molecule has 1 unspecified atom stereocenters. The average molecular weight is 225 g/mol. The molecule has 1 saturated heterocycles. The number of aromatic nitrogens is 2. The van der Waals surface area contributed by atoms with Gasteiger partial charge in [-0.05, 0) is 52.0 Å². The smallest absolute Gasteiger partial charge is 0.177 e. The average Bonchev–Trinajstić information content (AvgIpc) is 2.82. The lowest BCUT2D eigenvalue weighted by Gasteiger charge is -2.24. The van der Waals surface area contributed by atoms with Gasteiger partial charge < -0.3 is 9.55 Å². The minimum atomic E-state index is 0.591. The second-order valence-corrected chi connectivity index (χ2v) is 4.82. The number of H-pyrrole nitrogens is 1. The summed E-state index contributed by atoms with van der Waals surface area (Å²) in [7, 11) is 0. The predicted octanol–water partition coefficient (Wildman–Crippen LogP) is 2.34. The van der Waals surface area contributed by atoms with Gasteiger partial charge in [0.25, 0.3) is 0 Å². The molecule has 84 valence electrons. The number of aromatic amines is 1. The van der Waals surface area contributed by atoms with E-state index < -0.39 is 0 Å². The van der Waals surface area contributed by atoms with Crippen LogP contribution in [0, 0.1) is 11.7 Å². The summed E-state index contributed by atoms with van der Waals surface area (Å²) in [5.41, 5.74) is 1.23. The standard InChI is InChI=1S/C11H19N3S/c1-9-7-12-11(15)14(9)8-10(2)13-5-3-4-6-13/h7,10H,3-6,8H2,1-2H3,(H,12,15). The van der Waals surface area contributed by atoms with Crippen molar-refractivity contribution < 1.29 is 0 Å². The van der Waals surface area contributed by atoms with Crippen molar-refractivity contribution in [3.63, 3.8) is 0 Å². The monoisotopic (exact) mass is 225 g/mol. The van der Waals surface area contributed by atoms with Gasteiger partial charge >= 0.3 is 0 Å². The zero-order valence-corrected chi connectivity index (χ0v) is 10.3. The summed E-state index contributed by atoms with van der Waals surface area (Å²) in [5, 5.41) is 0. The third kappa shape index (κ3) is 2.32. The van der Waals surface area contributed by atoms with Crippen molar-refractivity contribution in [2.24, 2.45) is 0 Å². The molecule has 0 spiro atoms. The third-order valence-corrected chi connectivity index (χ3v) is 3.62. The van der Waals surface area contributed by atoms with Crippen LogP contribution in [0.15, 0.2) is 6.20 Å². The van der Waals surface area contributed by atoms with Gasteiger partial charge in [-0.1, -0.05) is 0 Å². The van der Waals surface area contributed by atoms with E-state index in [1.807, 2.05) is 6.20 Å². The van der Waals surface area contributed by atoms with E-state index in [4.69, 9.17) is 12.2 Å². The Kier molecular flexibility index (Phi) is 3.26. The Hall–Kier alpha value is -0.610. The maximum atomic E-state index is 5.25. The molecule has 0 amide bonds. The van der Waals surface area contributed by atoms with Crippen LogP contribution in [0.3, 0.4) is 0 Å². The lowest BCUT2D eigenvalue weighted by molar-refractivity contribution is 0.234. The van der Waals surface area contributed by atoms with E-state index in [1.165, 1.54) is 31.6 Å². The van der Waals surface area contributed by atoms with Gasteiger partial charge in [-0.15, -0.1) is 0 Å². The Labute approximate surface area is 96.1 Å². The van der Waals surface area contributed by atoms with Crippen molar-refractivity contribution in [2.45, 2.75) is 39.3 Å². The summed E-state index contributed by atoms with van der Waals surface area (Å²) >= 11 is 5.25. The zero-order valence-electron chi connectivity index (χ0n) is 9.49. The first-order valence-electron chi connectivity index (χ1n) is 5.67. The minimum Gasteiger partial charge on any atom is -0.337 e. The van der Waals surface area contributed by atoms with E-state index in [9.17, 15) is 0 Å². The van der Waals surface area contributed by atoms with Crippen LogP contribution in [0.2, 0.25) is 0 Å². The number of rotatable bonds is 3. The molecule has 15 heavy (non-hydrogen) atoms. The lowest BCUT2D eigenvalue weighted by atomic mass is 10.3. The molecule has 1 fully saturated rings. The highest BCUT2D eigenvalue weighted by Gasteiger charge is 2.18. The summed E-state index contributed by atoms with van der Waals surface area (Å²) < 4.78 is 3.04. The second kappa shape index (κ2) is 4.49. The van der Waals surface area contributed by atoms with Crippen LogP contribution in [0.5, 0.6) is 0 Å². The molecule has 1 atom stereocenters. The van der Waals surface area contributed by atoms with Crippen molar-refractivity contribution in [1.29, 1.82) is 0 Å². The van der Waals surface area contributed by atoms with Crippen LogP contribution in [-0.4, -0.2) is 33.6 Å². The zero-order chi connectivity index (χ0) is 10.8. The van der Waals surface area contributed by atoms with E-state index in [1.54, 1.807) is 0 Å². The molecule has 0 aromatic carbocycles.